The van der Waals surface area contributed by atoms with E-state index in [0.29, 0.717) is 17.5 Å². The first kappa shape index (κ1) is 34.7. The molecule has 0 radical (unpaired) electrons. The van der Waals surface area contributed by atoms with Crippen molar-refractivity contribution in [2.24, 2.45) is 0 Å². The van der Waals surface area contributed by atoms with E-state index >= 15 is 0 Å². The van der Waals surface area contributed by atoms with Gasteiger partial charge in [0.05, 0.1) is 11.2 Å². The molecular formula is C55H38N4. The molecule has 0 saturated carbocycles. The summed E-state index contributed by atoms with van der Waals surface area (Å²) in [6.45, 7) is 4.66. The van der Waals surface area contributed by atoms with Crippen LogP contribution in [0.4, 0.5) is 0 Å². The third-order valence-corrected chi connectivity index (χ3v) is 12.0. The second-order valence-corrected chi connectivity index (χ2v) is 15.8. The minimum Gasteiger partial charge on any atom is -0.248 e. The Bertz CT molecular complexity index is 3150. The zero-order chi connectivity index (χ0) is 39.5. The van der Waals surface area contributed by atoms with Crippen LogP contribution in [0.5, 0.6) is 0 Å². The van der Waals surface area contributed by atoms with Crippen molar-refractivity contribution in [3.05, 3.63) is 205 Å². The normalized spacial score (nSPS) is 12.7. The molecule has 0 aliphatic heterocycles. The second kappa shape index (κ2) is 13.8. The molecule has 0 spiro atoms. The quantitative estimate of drug-likeness (QED) is 0.170. The van der Waals surface area contributed by atoms with Crippen molar-refractivity contribution in [2.45, 2.75) is 19.3 Å². The lowest BCUT2D eigenvalue weighted by Crippen LogP contribution is -2.14. The molecule has 0 amide bonds. The van der Waals surface area contributed by atoms with E-state index in [2.05, 4.69) is 147 Å². The third-order valence-electron chi connectivity index (χ3n) is 12.0. The number of benzene rings is 8. The summed E-state index contributed by atoms with van der Waals surface area (Å²) < 4.78 is 0. The van der Waals surface area contributed by atoms with Gasteiger partial charge in [-0.2, -0.15) is 0 Å². The summed E-state index contributed by atoms with van der Waals surface area (Å²) in [4.78, 5) is 20.7. The minimum atomic E-state index is -0.147. The molecule has 2 aromatic heterocycles. The molecule has 1 aliphatic rings. The lowest BCUT2D eigenvalue weighted by Gasteiger charge is -2.22. The molecule has 11 rings (SSSR count). The van der Waals surface area contributed by atoms with Crippen molar-refractivity contribution in [1.82, 2.24) is 19.9 Å². The molecule has 0 N–H and O–H groups in total. The first-order chi connectivity index (χ1) is 29.0. The van der Waals surface area contributed by atoms with Gasteiger partial charge < -0.3 is 0 Å². The predicted octanol–water partition coefficient (Wildman–Crippen LogP) is 13.9. The van der Waals surface area contributed by atoms with Gasteiger partial charge in [-0.15, -0.1) is 0 Å². The van der Waals surface area contributed by atoms with E-state index in [1.54, 1.807) is 0 Å². The van der Waals surface area contributed by atoms with Crippen LogP contribution in [0.1, 0.15) is 25.0 Å². The number of rotatable bonds is 6. The van der Waals surface area contributed by atoms with Crippen molar-refractivity contribution in [2.75, 3.05) is 0 Å². The molecule has 59 heavy (non-hydrogen) atoms. The summed E-state index contributed by atoms with van der Waals surface area (Å²) in [5, 5.41) is 3.31. The smallest absolute Gasteiger partial charge is 0.164 e. The average molecular weight is 755 g/mol. The first-order valence-electron chi connectivity index (χ1n) is 20.1. The Kier molecular flexibility index (Phi) is 8.12. The summed E-state index contributed by atoms with van der Waals surface area (Å²) in [5.74, 6) is 1.92. The molecule has 2 heterocycles. The average Bonchev–Trinajstić information content (AvgIpc) is 3.53. The number of hydrogen-bond donors (Lipinski definition) is 0. The lowest BCUT2D eigenvalue weighted by molar-refractivity contribution is 0.661. The fourth-order valence-corrected chi connectivity index (χ4v) is 8.91. The highest BCUT2D eigenvalue weighted by Crippen LogP contribution is 2.51. The summed E-state index contributed by atoms with van der Waals surface area (Å²) in [6.07, 6.45) is 0. The molecule has 0 fully saturated rings. The van der Waals surface area contributed by atoms with E-state index < -0.39 is 0 Å². The zero-order valence-corrected chi connectivity index (χ0v) is 32.8. The summed E-state index contributed by atoms with van der Waals surface area (Å²) in [5.41, 5.74) is 15.5. The van der Waals surface area contributed by atoms with Gasteiger partial charge in [-0.25, -0.2) is 19.9 Å². The van der Waals surface area contributed by atoms with Crippen LogP contribution in [0, 0.1) is 0 Å². The molecule has 278 valence electrons. The molecule has 10 aromatic rings. The van der Waals surface area contributed by atoms with Gasteiger partial charge in [-0.3, -0.25) is 0 Å². The van der Waals surface area contributed by atoms with Crippen LogP contribution in [-0.4, -0.2) is 19.9 Å². The number of nitrogens with zero attached hydrogens (tertiary/aromatic N) is 4. The van der Waals surface area contributed by atoms with E-state index in [1.165, 1.54) is 33.4 Å². The number of fused-ring (bicyclic) bond motifs is 5. The Morgan fingerprint density at radius 2 is 0.814 bits per heavy atom. The Morgan fingerprint density at radius 1 is 0.305 bits per heavy atom. The van der Waals surface area contributed by atoms with Gasteiger partial charge in [-0.1, -0.05) is 184 Å². The van der Waals surface area contributed by atoms with E-state index in [4.69, 9.17) is 19.9 Å². The number of pyridine rings is 1. The van der Waals surface area contributed by atoms with Crippen molar-refractivity contribution in [3.63, 3.8) is 0 Å². The van der Waals surface area contributed by atoms with E-state index in [1.807, 2.05) is 60.7 Å². The maximum absolute atomic E-state index is 5.44. The van der Waals surface area contributed by atoms with Gasteiger partial charge in [0.2, 0.25) is 0 Å². The molecule has 4 nitrogen and oxygen atoms in total. The fraction of sp³-hybridized carbons (Fsp3) is 0.0545. The molecule has 0 atom stereocenters. The minimum absolute atomic E-state index is 0.147. The molecular weight excluding hydrogens is 717 g/mol. The standard InChI is InChI=1S/C55H38N4/c1-55(2)48-25-15-14-24-43(48)46-32-47-45(33-50(56-51(47)34-49(46)55)37-28-26-36(27-29-37)35-16-6-3-7-17-35)42-30-31-44(41-23-13-12-22-40(41)42)54-58-52(38-18-8-4-9-19-38)57-53(59-54)39-20-10-5-11-21-39/h3-34H,1-2H3. The lowest BCUT2D eigenvalue weighted by atomic mass is 9.82. The molecule has 8 aromatic carbocycles. The monoisotopic (exact) mass is 754 g/mol. The van der Waals surface area contributed by atoms with Crippen LogP contribution < -0.4 is 0 Å². The molecule has 0 bridgehead atoms. The Morgan fingerprint density at radius 3 is 1.47 bits per heavy atom. The van der Waals surface area contributed by atoms with Crippen molar-refractivity contribution in [3.8, 4) is 78.8 Å². The van der Waals surface area contributed by atoms with E-state index in [-0.39, 0.29) is 5.41 Å². The zero-order valence-electron chi connectivity index (χ0n) is 32.8. The van der Waals surface area contributed by atoms with Crippen LogP contribution >= 0.6 is 0 Å². The summed E-state index contributed by atoms with van der Waals surface area (Å²) >= 11 is 0. The summed E-state index contributed by atoms with van der Waals surface area (Å²) in [7, 11) is 0. The molecule has 4 heteroatoms. The highest BCUT2D eigenvalue weighted by atomic mass is 15.0. The van der Waals surface area contributed by atoms with Gasteiger partial charge in [-0.05, 0) is 79.5 Å². The molecule has 0 saturated heterocycles. The third kappa shape index (κ3) is 5.92. The van der Waals surface area contributed by atoms with Crippen LogP contribution in [0.2, 0.25) is 0 Å². The van der Waals surface area contributed by atoms with Crippen molar-refractivity contribution < 1.29 is 0 Å². The van der Waals surface area contributed by atoms with Gasteiger partial charge >= 0.3 is 0 Å². The van der Waals surface area contributed by atoms with Crippen LogP contribution in [0.15, 0.2) is 194 Å². The van der Waals surface area contributed by atoms with Crippen LogP contribution in [-0.2, 0) is 5.41 Å². The largest absolute Gasteiger partial charge is 0.248 e. The van der Waals surface area contributed by atoms with Crippen molar-refractivity contribution >= 4 is 21.7 Å². The Labute approximate surface area is 343 Å². The fourth-order valence-electron chi connectivity index (χ4n) is 8.91. The number of aromatic nitrogens is 4. The highest BCUT2D eigenvalue weighted by Gasteiger charge is 2.36. The SMILES string of the molecule is CC1(C)c2ccccc2-c2cc3c(-c4ccc(-c5nc(-c6ccccc6)nc(-c6ccccc6)n5)c5ccccc45)cc(-c4ccc(-c5ccccc5)cc4)nc3cc21. The highest BCUT2D eigenvalue weighted by molar-refractivity contribution is 6.10. The Balaban J connectivity index is 1.14. The molecule has 0 unspecified atom stereocenters. The van der Waals surface area contributed by atoms with E-state index in [0.717, 1.165) is 60.8 Å². The maximum atomic E-state index is 5.44. The topological polar surface area (TPSA) is 51.6 Å². The predicted molar refractivity (Wildman–Crippen MR) is 243 cm³/mol. The van der Waals surface area contributed by atoms with Gasteiger partial charge in [0, 0.05) is 33.1 Å². The summed E-state index contributed by atoms with van der Waals surface area (Å²) in [6, 6.07) is 68.5. The van der Waals surface area contributed by atoms with Crippen molar-refractivity contribution in [1.29, 1.82) is 0 Å². The molecule has 1 aliphatic carbocycles. The van der Waals surface area contributed by atoms with E-state index in [9.17, 15) is 0 Å². The van der Waals surface area contributed by atoms with Gasteiger partial charge in [0.25, 0.3) is 0 Å². The number of hydrogen-bond acceptors (Lipinski definition) is 4. The van der Waals surface area contributed by atoms with Crippen LogP contribution in [0.25, 0.3) is 100 Å². The second-order valence-electron chi connectivity index (χ2n) is 15.8. The first-order valence-corrected chi connectivity index (χ1v) is 20.1. The van der Waals surface area contributed by atoms with Crippen LogP contribution in [0.3, 0.4) is 0 Å². The maximum Gasteiger partial charge on any atom is 0.164 e. The van der Waals surface area contributed by atoms with Gasteiger partial charge in [0.15, 0.2) is 17.5 Å². The Hall–Kier alpha value is -7.56. The van der Waals surface area contributed by atoms with Gasteiger partial charge in [0.1, 0.15) is 0 Å².